The zero-order valence-electron chi connectivity index (χ0n) is 15.8. The minimum Gasteiger partial charge on any atom is -0.396 e. The molecule has 0 aliphatic carbocycles. The number of aromatic amines is 1. The second kappa shape index (κ2) is 7.24. The van der Waals surface area contributed by atoms with Gasteiger partial charge in [0.05, 0.1) is 0 Å². The average Bonchev–Trinajstić information content (AvgIpc) is 3.12. The lowest BCUT2D eigenvalue weighted by atomic mass is 9.94. The highest BCUT2D eigenvalue weighted by atomic mass is 16.3. The summed E-state index contributed by atoms with van der Waals surface area (Å²) in [6.07, 6.45) is 8.89. The number of anilines is 1. The summed E-state index contributed by atoms with van der Waals surface area (Å²) in [6.45, 7) is 2.34. The van der Waals surface area contributed by atoms with E-state index < -0.39 is 0 Å². The topological polar surface area (TPSA) is 65.0 Å². The predicted octanol–water partition coefficient (Wildman–Crippen LogP) is 4.38. The van der Waals surface area contributed by atoms with Gasteiger partial charge < -0.3 is 15.0 Å². The lowest BCUT2D eigenvalue weighted by Gasteiger charge is -2.32. The van der Waals surface area contributed by atoms with Crippen LogP contribution in [0.25, 0.3) is 32.9 Å². The van der Waals surface area contributed by atoms with Gasteiger partial charge in [0, 0.05) is 65.7 Å². The fourth-order valence-corrected chi connectivity index (χ4v) is 4.30. The molecular weight excluding hydrogens is 348 g/mol. The summed E-state index contributed by atoms with van der Waals surface area (Å²) in [6, 6.07) is 12.8. The van der Waals surface area contributed by atoms with E-state index in [9.17, 15) is 0 Å². The number of rotatable bonds is 4. The van der Waals surface area contributed by atoms with Crippen LogP contribution in [0.4, 0.5) is 5.82 Å². The van der Waals surface area contributed by atoms with Gasteiger partial charge in [-0.05, 0) is 55.0 Å². The maximum atomic E-state index is 9.12. The molecule has 0 radical (unpaired) electrons. The summed E-state index contributed by atoms with van der Waals surface area (Å²) in [7, 11) is 0. The van der Waals surface area contributed by atoms with Crippen LogP contribution in [0.1, 0.15) is 19.3 Å². The molecule has 0 atom stereocenters. The molecule has 4 heterocycles. The van der Waals surface area contributed by atoms with E-state index in [0.29, 0.717) is 12.5 Å². The third kappa shape index (κ3) is 3.12. The first-order chi connectivity index (χ1) is 13.8. The molecule has 142 valence electrons. The second-order valence-electron chi connectivity index (χ2n) is 7.65. The van der Waals surface area contributed by atoms with Crippen molar-refractivity contribution in [2.45, 2.75) is 19.3 Å². The molecule has 3 aromatic heterocycles. The fraction of sp³-hybridized carbons (Fsp3) is 0.304. The Kier molecular flexibility index (Phi) is 4.45. The van der Waals surface area contributed by atoms with E-state index in [2.05, 4.69) is 45.2 Å². The number of piperidine rings is 1. The van der Waals surface area contributed by atoms with Crippen LogP contribution < -0.4 is 4.90 Å². The third-order valence-corrected chi connectivity index (χ3v) is 5.96. The SMILES string of the molecule is OCCC1CCN(c2ccc(-c3ccc4c(c3)[nH]c3ccncc34)cn2)CC1. The summed E-state index contributed by atoms with van der Waals surface area (Å²) in [5, 5.41) is 11.5. The van der Waals surface area contributed by atoms with E-state index in [1.807, 2.05) is 24.7 Å². The molecule has 1 saturated heterocycles. The van der Waals surface area contributed by atoms with Gasteiger partial charge >= 0.3 is 0 Å². The van der Waals surface area contributed by atoms with Crippen molar-refractivity contribution >= 4 is 27.6 Å². The van der Waals surface area contributed by atoms with E-state index >= 15 is 0 Å². The maximum absolute atomic E-state index is 9.12. The summed E-state index contributed by atoms with van der Waals surface area (Å²) in [4.78, 5) is 14.8. The van der Waals surface area contributed by atoms with Crippen LogP contribution in [-0.2, 0) is 0 Å². The summed E-state index contributed by atoms with van der Waals surface area (Å²) < 4.78 is 0. The molecular formula is C23H24N4O. The molecule has 5 nitrogen and oxygen atoms in total. The molecule has 5 heteroatoms. The Labute approximate surface area is 164 Å². The molecule has 1 aromatic carbocycles. The number of benzene rings is 1. The molecule has 0 unspecified atom stereocenters. The Morgan fingerprint density at radius 1 is 0.964 bits per heavy atom. The first-order valence-corrected chi connectivity index (χ1v) is 9.99. The standard InChI is InChI=1S/C23H24N4O/c28-12-8-16-6-10-27(11-7-16)23-4-2-18(14-25-23)17-1-3-19-20-15-24-9-5-21(20)26-22(19)13-17/h1-5,9,13-16,26,28H,6-8,10-12H2. The predicted molar refractivity (Wildman–Crippen MR) is 113 cm³/mol. The van der Waals surface area contributed by atoms with Crippen LogP contribution in [0.15, 0.2) is 55.0 Å². The van der Waals surface area contributed by atoms with E-state index in [1.54, 1.807) is 0 Å². The minimum absolute atomic E-state index is 0.300. The first-order valence-electron chi connectivity index (χ1n) is 9.99. The summed E-state index contributed by atoms with van der Waals surface area (Å²) in [5.41, 5.74) is 4.51. The number of aliphatic hydroxyl groups excluding tert-OH is 1. The zero-order chi connectivity index (χ0) is 18.9. The van der Waals surface area contributed by atoms with Crippen molar-refractivity contribution in [1.29, 1.82) is 0 Å². The molecule has 0 bridgehead atoms. The summed E-state index contributed by atoms with van der Waals surface area (Å²) >= 11 is 0. The van der Waals surface area contributed by atoms with Gasteiger partial charge in [0.25, 0.3) is 0 Å². The molecule has 0 spiro atoms. The van der Waals surface area contributed by atoms with Crippen LogP contribution in [0.2, 0.25) is 0 Å². The number of fused-ring (bicyclic) bond motifs is 3. The number of aliphatic hydroxyl groups is 1. The van der Waals surface area contributed by atoms with Crippen molar-refractivity contribution < 1.29 is 5.11 Å². The van der Waals surface area contributed by atoms with E-state index in [1.165, 1.54) is 5.39 Å². The van der Waals surface area contributed by atoms with Crippen LogP contribution in [0.3, 0.4) is 0 Å². The smallest absolute Gasteiger partial charge is 0.128 e. The fourth-order valence-electron chi connectivity index (χ4n) is 4.30. The first kappa shape index (κ1) is 17.2. The van der Waals surface area contributed by atoms with Gasteiger partial charge in [0.1, 0.15) is 5.82 Å². The lowest BCUT2D eigenvalue weighted by molar-refractivity contribution is 0.240. The van der Waals surface area contributed by atoms with E-state index in [4.69, 9.17) is 10.1 Å². The quantitative estimate of drug-likeness (QED) is 0.558. The van der Waals surface area contributed by atoms with Crippen molar-refractivity contribution in [3.05, 3.63) is 55.0 Å². The number of H-pyrrole nitrogens is 1. The largest absolute Gasteiger partial charge is 0.396 e. The van der Waals surface area contributed by atoms with Gasteiger partial charge in [-0.15, -0.1) is 0 Å². The van der Waals surface area contributed by atoms with Crippen LogP contribution in [-0.4, -0.2) is 39.8 Å². The van der Waals surface area contributed by atoms with Crippen LogP contribution in [0.5, 0.6) is 0 Å². The number of nitrogens with one attached hydrogen (secondary N) is 1. The normalized spacial score (nSPS) is 15.5. The highest BCUT2D eigenvalue weighted by Gasteiger charge is 2.19. The van der Waals surface area contributed by atoms with Crippen molar-refractivity contribution in [2.24, 2.45) is 5.92 Å². The van der Waals surface area contributed by atoms with E-state index in [0.717, 1.165) is 65.7 Å². The highest BCUT2D eigenvalue weighted by Crippen LogP contribution is 2.30. The van der Waals surface area contributed by atoms with Crippen molar-refractivity contribution in [3.63, 3.8) is 0 Å². The number of nitrogens with zero attached hydrogens (tertiary/aromatic N) is 3. The zero-order valence-corrected chi connectivity index (χ0v) is 15.8. The third-order valence-electron chi connectivity index (χ3n) is 5.96. The van der Waals surface area contributed by atoms with Crippen LogP contribution >= 0.6 is 0 Å². The number of hydrogen-bond donors (Lipinski definition) is 2. The van der Waals surface area contributed by atoms with Gasteiger partial charge in [-0.2, -0.15) is 0 Å². The Balaban J connectivity index is 1.37. The van der Waals surface area contributed by atoms with Gasteiger partial charge in [-0.1, -0.05) is 12.1 Å². The molecule has 28 heavy (non-hydrogen) atoms. The Hall–Kier alpha value is -2.92. The highest BCUT2D eigenvalue weighted by molar-refractivity contribution is 6.07. The molecule has 5 rings (SSSR count). The Bertz CT molecular complexity index is 1090. The Morgan fingerprint density at radius 3 is 2.61 bits per heavy atom. The van der Waals surface area contributed by atoms with Gasteiger partial charge in [0.15, 0.2) is 0 Å². The van der Waals surface area contributed by atoms with Gasteiger partial charge in [-0.3, -0.25) is 4.98 Å². The molecule has 1 fully saturated rings. The van der Waals surface area contributed by atoms with Crippen LogP contribution in [0, 0.1) is 5.92 Å². The van der Waals surface area contributed by atoms with Crippen molar-refractivity contribution in [2.75, 3.05) is 24.6 Å². The van der Waals surface area contributed by atoms with Gasteiger partial charge in [-0.25, -0.2) is 4.98 Å². The lowest BCUT2D eigenvalue weighted by Crippen LogP contribution is -2.34. The van der Waals surface area contributed by atoms with E-state index in [-0.39, 0.29) is 0 Å². The minimum atomic E-state index is 0.300. The monoisotopic (exact) mass is 372 g/mol. The maximum Gasteiger partial charge on any atom is 0.128 e. The number of pyridine rings is 2. The number of hydrogen-bond acceptors (Lipinski definition) is 4. The van der Waals surface area contributed by atoms with Gasteiger partial charge in [0.2, 0.25) is 0 Å². The second-order valence-corrected chi connectivity index (χ2v) is 7.65. The number of aromatic nitrogens is 3. The molecule has 0 amide bonds. The average molecular weight is 372 g/mol. The molecule has 1 aliphatic heterocycles. The summed E-state index contributed by atoms with van der Waals surface area (Å²) in [5.74, 6) is 1.70. The Morgan fingerprint density at radius 2 is 1.82 bits per heavy atom. The van der Waals surface area contributed by atoms with Crippen molar-refractivity contribution in [3.8, 4) is 11.1 Å². The molecule has 4 aromatic rings. The molecule has 2 N–H and O–H groups in total. The molecule has 1 aliphatic rings. The molecule has 0 saturated carbocycles. The van der Waals surface area contributed by atoms with Crippen molar-refractivity contribution in [1.82, 2.24) is 15.0 Å².